The van der Waals surface area contributed by atoms with E-state index in [9.17, 15) is 4.79 Å². The minimum atomic E-state index is -0.179. The molecule has 0 heterocycles. The number of halogens is 1. The Morgan fingerprint density at radius 1 is 0.733 bits per heavy atom. The van der Waals surface area contributed by atoms with E-state index >= 15 is 0 Å². The molecule has 7 heteroatoms. The van der Waals surface area contributed by atoms with Crippen LogP contribution in [0.4, 0.5) is 0 Å². The van der Waals surface area contributed by atoms with Crippen molar-refractivity contribution in [1.82, 2.24) is 0 Å². The van der Waals surface area contributed by atoms with Gasteiger partial charge in [0.1, 0.15) is 17.2 Å². The monoisotopic (exact) mass is 654 g/mol. The Morgan fingerprint density at radius 2 is 1.18 bits per heavy atom. The topological polar surface area (TPSA) is 44.8 Å². The van der Waals surface area contributed by atoms with E-state index in [4.69, 9.17) is 25.8 Å². The summed E-state index contributed by atoms with van der Waals surface area (Å²) < 4.78 is 19.7. The predicted molar refractivity (Wildman–Crippen MR) is 198 cm³/mol. The molecule has 0 bridgehead atoms. The number of carbonyl (C=O) groups is 1. The maximum atomic E-state index is 13.9. The van der Waals surface area contributed by atoms with Gasteiger partial charge in [0, 0.05) is 17.7 Å². The first kappa shape index (κ1) is 41.9. The van der Waals surface area contributed by atoms with Gasteiger partial charge in [-0.1, -0.05) is 123 Å². The van der Waals surface area contributed by atoms with Crippen LogP contribution >= 0.6 is 20.2 Å². The van der Waals surface area contributed by atoms with Crippen LogP contribution in [-0.2, 0) is 0 Å². The summed E-state index contributed by atoms with van der Waals surface area (Å²) in [5.41, 5.74) is 1.46. The van der Waals surface area contributed by atoms with E-state index in [0.29, 0.717) is 59.7 Å². The van der Waals surface area contributed by atoms with Gasteiger partial charge in [0.05, 0.1) is 30.1 Å². The summed E-state index contributed by atoms with van der Waals surface area (Å²) in [5, 5.41) is 1.30. The number of unbranched alkanes of at least 4 members (excludes halogenated alkanes) is 3. The van der Waals surface area contributed by atoms with Crippen molar-refractivity contribution >= 4 is 49.9 Å². The zero-order valence-corrected chi connectivity index (χ0v) is 30.5. The quantitative estimate of drug-likeness (QED) is 0.0834. The van der Waals surface area contributed by atoms with Crippen molar-refractivity contribution in [2.24, 2.45) is 17.8 Å². The first-order valence-electron chi connectivity index (χ1n) is 17.4. The molecule has 0 spiro atoms. The van der Waals surface area contributed by atoms with E-state index in [-0.39, 0.29) is 33.0 Å². The number of hydrogen-bond acceptors (Lipinski definition) is 4. The summed E-state index contributed by atoms with van der Waals surface area (Å²) in [6.45, 7) is 17.2. The predicted octanol–water partition coefficient (Wildman–Crippen LogP) is 10.9. The molecule has 0 amide bonds. The molecule has 4 atom stereocenters. The molecule has 4 nitrogen and oxygen atoms in total. The molecule has 0 aliphatic rings. The van der Waals surface area contributed by atoms with Crippen LogP contribution < -0.4 is 19.5 Å². The van der Waals surface area contributed by atoms with Gasteiger partial charge in [0.25, 0.3) is 0 Å². The first-order valence-corrected chi connectivity index (χ1v) is 18.8. The van der Waals surface area contributed by atoms with Crippen LogP contribution in [0.25, 0.3) is 0 Å². The Balaban J connectivity index is 0.0000101. The molecule has 45 heavy (non-hydrogen) atoms. The summed E-state index contributed by atoms with van der Waals surface area (Å²) in [7, 11) is -0.179. The van der Waals surface area contributed by atoms with Crippen molar-refractivity contribution in [3.05, 3.63) is 46.5 Å². The molecule has 4 unspecified atom stereocenters. The van der Waals surface area contributed by atoms with Gasteiger partial charge in [-0.15, -0.1) is 0 Å². The van der Waals surface area contributed by atoms with Gasteiger partial charge in [-0.05, 0) is 64.2 Å². The molecule has 0 radical (unpaired) electrons. The van der Waals surface area contributed by atoms with Crippen molar-refractivity contribution in [2.75, 3.05) is 19.8 Å². The average Bonchev–Trinajstić information content (AvgIpc) is 3.02. The SMILES string of the molecule is CCCCC(CC)COc1cc(OCC(CC)CCCC)c(PC(=O)c2c(C)cccc2Cl)c(OCC(CC)CCCC)c1.[LiH]. The second-order valence-electron chi connectivity index (χ2n) is 12.4. The van der Waals surface area contributed by atoms with Crippen molar-refractivity contribution in [3.8, 4) is 17.2 Å². The van der Waals surface area contributed by atoms with Crippen molar-refractivity contribution in [2.45, 2.75) is 126 Å². The van der Waals surface area contributed by atoms with Crippen molar-refractivity contribution in [1.29, 1.82) is 0 Å². The molecule has 250 valence electrons. The second kappa shape index (κ2) is 24.0. The van der Waals surface area contributed by atoms with Gasteiger partial charge >= 0.3 is 18.9 Å². The van der Waals surface area contributed by atoms with Gasteiger partial charge in [-0.3, -0.25) is 4.79 Å². The third-order valence-corrected chi connectivity index (χ3v) is 10.3. The summed E-state index contributed by atoms with van der Waals surface area (Å²) in [5.74, 6) is 3.58. The Morgan fingerprint density at radius 3 is 1.58 bits per heavy atom. The van der Waals surface area contributed by atoms with Crippen LogP contribution in [0.3, 0.4) is 0 Å². The zero-order valence-electron chi connectivity index (χ0n) is 28.7. The Labute approximate surface area is 294 Å². The number of rotatable bonds is 24. The molecule has 0 aliphatic heterocycles. The Kier molecular flexibility index (Phi) is 22.4. The molecular weight excluding hydrogens is 594 g/mol. The van der Waals surface area contributed by atoms with Gasteiger partial charge in [0.15, 0.2) is 5.52 Å². The van der Waals surface area contributed by atoms with Crippen LogP contribution in [0, 0.1) is 24.7 Å². The van der Waals surface area contributed by atoms with E-state index in [1.807, 2.05) is 31.2 Å². The second-order valence-corrected chi connectivity index (χ2v) is 14.0. The van der Waals surface area contributed by atoms with Gasteiger partial charge < -0.3 is 14.2 Å². The fourth-order valence-corrected chi connectivity index (χ4v) is 7.03. The molecule has 0 saturated carbocycles. The molecule has 0 aromatic heterocycles. The molecular formula is C38H61ClLiO4P. The molecule has 0 N–H and O–H groups in total. The molecule has 2 aromatic carbocycles. The van der Waals surface area contributed by atoms with E-state index in [0.717, 1.165) is 55.1 Å². The number of hydrogen-bond donors (Lipinski definition) is 0. The minimum absolute atomic E-state index is 0. The summed E-state index contributed by atoms with van der Waals surface area (Å²) >= 11 is 6.56. The van der Waals surface area contributed by atoms with Gasteiger partial charge in [-0.2, -0.15) is 0 Å². The van der Waals surface area contributed by atoms with Gasteiger partial charge in [0.2, 0.25) is 0 Å². The van der Waals surface area contributed by atoms with Crippen LogP contribution in [-0.4, -0.2) is 44.2 Å². The third-order valence-electron chi connectivity index (χ3n) is 8.79. The standard InChI is InChI=1S/C38H60ClO4P.Li.H/c1-8-14-19-29(11-4)25-41-32-23-34(42-26-30(12-5)20-15-9-2)37(35(24-32)43-27-31(13-6)21-16-10-3)44-38(40)36-28(7)18-17-22-33(36)39;;/h17-18,22-24,29-31,44H,8-16,19-21,25-27H2,1-7H3;;. The summed E-state index contributed by atoms with van der Waals surface area (Å²) in [4.78, 5) is 13.9. The number of ether oxygens (including phenoxy) is 3. The molecule has 2 aromatic rings. The van der Waals surface area contributed by atoms with Crippen molar-refractivity contribution in [3.63, 3.8) is 0 Å². The molecule has 0 aliphatic carbocycles. The van der Waals surface area contributed by atoms with E-state index < -0.39 is 0 Å². The zero-order chi connectivity index (χ0) is 32.3. The average molecular weight is 655 g/mol. The molecule has 0 saturated heterocycles. The summed E-state index contributed by atoms with van der Waals surface area (Å²) in [6.07, 6.45) is 13.7. The van der Waals surface area contributed by atoms with Crippen LogP contribution in [0.1, 0.15) is 135 Å². The first-order chi connectivity index (χ1) is 21.3. The van der Waals surface area contributed by atoms with Crippen LogP contribution in [0.15, 0.2) is 30.3 Å². The number of aryl methyl sites for hydroxylation is 1. The summed E-state index contributed by atoms with van der Waals surface area (Å²) in [6, 6.07) is 9.61. The van der Waals surface area contributed by atoms with Crippen LogP contribution in [0.5, 0.6) is 17.2 Å². The van der Waals surface area contributed by atoms with E-state index in [2.05, 4.69) is 41.5 Å². The third kappa shape index (κ3) is 14.6. The Hall–Kier alpha value is -1.17. The Bertz CT molecular complexity index is 1050. The maximum absolute atomic E-state index is 13.9. The van der Waals surface area contributed by atoms with E-state index in [1.54, 1.807) is 6.07 Å². The molecule has 0 fully saturated rings. The van der Waals surface area contributed by atoms with E-state index in [1.165, 1.54) is 38.5 Å². The number of carbonyl (C=O) groups excluding carboxylic acids is 1. The van der Waals surface area contributed by atoms with Crippen LogP contribution in [0.2, 0.25) is 5.02 Å². The number of benzene rings is 2. The fraction of sp³-hybridized carbons (Fsp3) is 0.658. The molecule has 2 rings (SSSR count). The normalized spacial score (nSPS) is 13.3. The fourth-order valence-electron chi connectivity index (χ4n) is 5.42. The van der Waals surface area contributed by atoms with Gasteiger partial charge in [-0.25, -0.2) is 0 Å². The van der Waals surface area contributed by atoms with Crippen molar-refractivity contribution < 1.29 is 19.0 Å².